The summed E-state index contributed by atoms with van der Waals surface area (Å²) in [5, 5.41) is 9.40. The van der Waals surface area contributed by atoms with Crippen molar-refractivity contribution in [1.82, 2.24) is 14.8 Å². The van der Waals surface area contributed by atoms with Gasteiger partial charge in [0.25, 0.3) is 0 Å². The SMILES string of the molecule is CSc1nc2n(n1)C(c1ccccc1F)C1=C(N2)c2ccccc2OC1c1ccc(Cl)cc1. The molecule has 4 aromatic rings. The van der Waals surface area contributed by atoms with Crippen LogP contribution in [0.1, 0.15) is 28.8 Å². The molecule has 2 aliphatic heterocycles. The van der Waals surface area contributed by atoms with Gasteiger partial charge in [0.1, 0.15) is 23.7 Å². The van der Waals surface area contributed by atoms with Crippen LogP contribution >= 0.6 is 23.4 Å². The number of hydrogen-bond donors (Lipinski definition) is 1. The fraction of sp³-hybridized carbons (Fsp3) is 0.120. The van der Waals surface area contributed by atoms with E-state index < -0.39 is 12.1 Å². The molecule has 2 aliphatic rings. The second kappa shape index (κ2) is 7.93. The first-order chi connectivity index (χ1) is 16.1. The van der Waals surface area contributed by atoms with Crippen LogP contribution in [0.3, 0.4) is 0 Å². The van der Waals surface area contributed by atoms with Crippen molar-refractivity contribution in [2.45, 2.75) is 17.3 Å². The highest BCUT2D eigenvalue weighted by Crippen LogP contribution is 2.51. The highest BCUT2D eigenvalue weighted by atomic mass is 35.5. The van der Waals surface area contributed by atoms with Gasteiger partial charge in [-0.1, -0.05) is 65.8 Å². The zero-order chi connectivity index (χ0) is 22.5. The molecule has 0 amide bonds. The third-order valence-electron chi connectivity index (χ3n) is 5.92. The van der Waals surface area contributed by atoms with Crippen LogP contribution in [0.2, 0.25) is 5.02 Å². The van der Waals surface area contributed by atoms with E-state index in [1.807, 2.05) is 60.9 Å². The number of rotatable bonds is 3. The third kappa shape index (κ3) is 3.31. The molecule has 0 saturated heterocycles. The van der Waals surface area contributed by atoms with Gasteiger partial charge in [-0.05, 0) is 42.2 Å². The molecule has 0 spiro atoms. The van der Waals surface area contributed by atoms with E-state index in [1.54, 1.807) is 16.8 Å². The van der Waals surface area contributed by atoms with E-state index in [-0.39, 0.29) is 5.82 Å². The molecule has 2 unspecified atom stereocenters. The van der Waals surface area contributed by atoms with Gasteiger partial charge in [0, 0.05) is 21.7 Å². The highest BCUT2D eigenvalue weighted by Gasteiger charge is 2.42. The molecular formula is C25H18ClFN4OS. The third-order valence-corrected chi connectivity index (χ3v) is 6.71. The summed E-state index contributed by atoms with van der Waals surface area (Å²) in [5.41, 5.74) is 4.05. The van der Waals surface area contributed by atoms with Crippen LogP contribution in [0.4, 0.5) is 10.3 Å². The second-order valence-corrected chi connectivity index (χ2v) is 9.00. The maximum Gasteiger partial charge on any atom is 0.227 e. The van der Waals surface area contributed by atoms with Gasteiger partial charge in [-0.15, -0.1) is 5.10 Å². The predicted octanol–water partition coefficient (Wildman–Crippen LogP) is 6.35. The number of ether oxygens (including phenoxy) is 1. The van der Waals surface area contributed by atoms with Gasteiger partial charge in [0.05, 0.1) is 5.70 Å². The molecule has 0 fully saturated rings. The molecular weight excluding hydrogens is 459 g/mol. The van der Waals surface area contributed by atoms with E-state index in [0.717, 1.165) is 28.1 Å². The highest BCUT2D eigenvalue weighted by molar-refractivity contribution is 7.98. The minimum absolute atomic E-state index is 0.308. The van der Waals surface area contributed by atoms with Crippen molar-refractivity contribution in [3.8, 4) is 5.75 Å². The summed E-state index contributed by atoms with van der Waals surface area (Å²) >= 11 is 7.60. The van der Waals surface area contributed by atoms with Gasteiger partial charge in [-0.25, -0.2) is 9.07 Å². The molecule has 1 N–H and O–H groups in total. The number of halogens is 2. The maximum atomic E-state index is 15.2. The molecule has 6 rings (SSSR count). The average molecular weight is 477 g/mol. The summed E-state index contributed by atoms with van der Waals surface area (Å²) in [7, 11) is 0. The largest absolute Gasteiger partial charge is 0.480 e. The van der Waals surface area contributed by atoms with Crippen LogP contribution in [0.15, 0.2) is 83.5 Å². The van der Waals surface area contributed by atoms with Gasteiger partial charge >= 0.3 is 0 Å². The number of aromatic nitrogens is 3. The molecule has 3 heterocycles. The molecule has 8 heteroatoms. The van der Waals surface area contributed by atoms with E-state index in [0.29, 0.717) is 21.7 Å². The molecule has 0 radical (unpaired) electrons. The number of anilines is 1. The fourth-order valence-electron chi connectivity index (χ4n) is 4.45. The van der Waals surface area contributed by atoms with E-state index in [2.05, 4.69) is 15.4 Å². The van der Waals surface area contributed by atoms with Crippen molar-refractivity contribution in [2.24, 2.45) is 0 Å². The minimum atomic E-state index is -0.542. The van der Waals surface area contributed by atoms with Crippen molar-refractivity contribution >= 4 is 35.0 Å². The summed E-state index contributed by atoms with van der Waals surface area (Å²) in [6, 6.07) is 21.6. The Morgan fingerprint density at radius 2 is 1.79 bits per heavy atom. The first-order valence-electron chi connectivity index (χ1n) is 10.4. The van der Waals surface area contributed by atoms with Crippen LogP contribution in [0.5, 0.6) is 5.75 Å². The molecule has 0 aliphatic carbocycles. The average Bonchev–Trinajstić information content (AvgIpc) is 3.26. The zero-order valence-electron chi connectivity index (χ0n) is 17.5. The quantitative estimate of drug-likeness (QED) is 0.349. The summed E-state index contributed by atoms with van der Waals surface area (Å²) < 4.78 is 23.5. The van der Waals surface area contributed by atoms with Crippen molar-refractivity contribution in [1.29, 1.82) is 0 Å². The fourth-order valence-corrected chi connectivity index (χ4v) is 4.93. The first kappa shape index (κ1) is 20.3. The monoisotopic (exact) mass is 476 g/mol. The van der Waals surface area contributed by atoms with Crippen molar-refractivity contribution in [3.63, 3.8) is 0 Å². The molecule has 0 bridgehead atoms. The molecule has 33 heavy (non-hydrogen) atoms. The lowest BCUT2D eigenvalue weighted by atomic mass is 9.84. The number of hydrogen-bond acceptors (Lipinski definition) is 5. The van der Waals surface area contributed by atoms with E-state index in [9.17, 15) is 0 Å². The Hall–Kier alpha value is -3.29. The summed E-state index contributed by atoms with van der Waals surface area (Å²) in [6.45, 7) is 0. The molecule has 0 saturated carbocycles. The standard InChI is InChI=1S/C25H18ClFN4OS/c1-33-25-29-24-28-21-17-7-3-5-9-19(17)32-23(14-10-12-15(26)13-11-14)20(21)22(31(24)30-25)16-6-2-4-8-18(16)27/h2-13,22-23H,1H3,(H,28,29,30). The van der Waals surface area contributed by atoms with E-state index in [1.165, 1.54) is 17.8 Å². The van der Waals surface area contributed by atoms with Crippen LogP contribution in [-0.2, 0) is 0 Å². The Labute approximate surface area is 199 Å². The number of fused-ring (bicyclic) bond motifs is 3. The number of para-hydroxylation sites is 1. The Kier molecular flexibility index (Phi) is 4.89. The molecule has 3 aromatic carbocycles. The second-order valence-electron chi connectivity index (χ2n) is 7.79. The van der Waals surface area contributed by atoms with E-state index >= 15 is 4.39 Å². The van der Waals surface area contributed by atoms with Gasteiger partial charge in [0.2, 0.25) is 11.1 Å². The number of benzene rings is 3. The molecule has 5 nitrogen and oxygen atoms in total. The Balaban J connectivity index is 1.65. The Morgan fingerprint density at radius 1 is 1.03 bits per heavy atom. The van der Waals surface area contributed by atoms with Crippen LogP contribution < -0.4 is 10.1 Å². The molecule has 2 atom stereocenters. The summed E-state index contributed by atoms with van der Waals surface area (Å²) in [4.78, 5) is 4.64. The van der Waals surface area contributed by atoms with Crippen LogP contribution in [0.25, 0.3) is 5.70 Å². The maximum absolute atomic E-state index is 15.2. The van der Waals surface area contributed by atoms with Gasteiger partial charge in [0.15, 0.2) is 0 Å². The van der Waals surface area contributed by atoms with Gasteiger partial charge < -0.3 is 10.1 Å². The van der Waals surface area contributed by atoms with Gasteiger partial charge in [-0.3, -0.25) is 0 Å². The molecule has 164 valence electrons. The Morgan fingerprint density at radius 3 is 2.58 bits per heavy atom. The van der Waals surface area contributed by atoms with E-state index in [4.69, 9.17) is 16.3 Å². The number of nitrogens with one attached hydrogen (secondary N) is 1. The van der Waals surface area contributed by atoms with Crippen LogP contribution in [-0.4, -0.2) is 21.0 Å². The number of thioether (sulfide) groups is 1. The topological polar surface area (TPSA) is 52.0 Å². The summed E-state index contributed by atoms with van der Waals surface area (Å²) in [5.74, 6) is 1.00. The molecule has 1 aromatic heterocycles. The zero-order valence-corrected chi connectivity index (χ0v) is 19.1. The van der Waals surface area contributed by atoms with Gasteiger partial charge in [-0.2, -0.15) is 4.98 Å². The van der Waals surface area contributed by atoms with Crippen molar-refractivity contribution in [3.05, 3.63) is 106 Å². The first-order valence-corrected chi connectivity index (χ1v) is 12.0. The number of nitrogens with zero attached hydrogens (tertiary/aromatic N) is 3. The Bertz CT molecular complexity index is 1400. The van der Waals surface area contributed by atoms with Crippen LogP contribution in [0, 0.1) is 5.82 Å². The van der Waals surface area contributed by atoms with Crippen molar-refractivity contribution < 1.29 is 9.13 Å². The lowest BCUT2D eigenvalue weighted by molar-refractivity contribution is 0.222. The normalized spacial score (nSPS) is 18.6. The smallest absolute Gasteiger partial charge is 0.227 e. The summed E-state index contributed by atoms with van der Waals surface area (Å²) in [6.07, 6.45) is 1.45. The predicted molar refractivity (Wildman–Crippen MR) is 128 cm³/mol. The lowest BCUT2D eigenvalue weighted by Crippen LogP contribution is -2.32. The lowest BCUT2D eigenvalue weighted by Gasteiger charge is -2.39. The minimum Gasteiger partial charge on any atom is -0.480 e. The van der Waals surface area contributed by atoms with Crippen molar-refractivity contribution in [2.75, 3.05) is 11.6 Å².